The van der Waals surface area contributed by atoms with E-state index in [2.05, 4.69) is 27.4 Å². The molecule has 2 nitrogen and oxygen atoms in total. The summed E-state index contributed by atoms with van der Waals surface area (Å²) in [6.07, 6.45) is 13.3. The summed E-state index contributed by atoms with van der Waals surface area (Å²) in [6.45, 7) is 13.3. The highest BCUT2D eigenvalue weighted by atomic mass is 16.3. The highest BCUT2D eigenvalue weighted by Crippen LogP contribution is 2.68. The minimum absolute atomic E-state index is 0.0443. The molecule has 164 valence electrons. The van der Waals surface area contributed by atoms with Gasteiger partial charge in [-0.1, -0.05) is 27.4 Å². The Morgan fingerprint density at radius 1 is 1.03 bits per heavy atom. The molecule has 4 rings (SSSR count). The van der Waals surface area contributed by atoms with E-state index < -0.39 is 0 Å². The Kier molecular flexibility index (Phi) is 5.82. The first-order chi connectivity index (χ1) is 13.7. The summed E-state index contributed by atoms with van der Waals surface area (Å²) >= 11 is 0. The van der Waals surface area contributed by atoms with E-state index in [-0.39, 0.29) is 11.9 Å². The molecule has 2 heteroatoms. The number of hydrogen-bond donors (Lipinski definition) is 1. The van der Waals surface area contributed by atoms with E-state index in [0.29, 0.717) is 23.2 Å². The van der Waals surface area contributed by atoms with Crippen molar-refractivity contribution in [3.05, 3.63) is 12.2 Å². The van der Waals surface area contributed by atoms with Gasteiger partial charge in [0.1, 0.15) is 0 Å². The van der Waals surface area contributed by atoms with Gasteiger partial charge in [0.25, 0.3) is 0 Å². The van der Waals surface area contributed by atoms with Crippen LogP contribution in [0.15, 0.2) is 12.2 Å². The van der Waals surface area contributed by atoms with Gasteiger partial charge in [0, 0.05) is 6.42 Å². The first kappa shape index (κ1) is 21.6. The lowest BCUT2D eigenvalue weighted by Crippen LogP contribution is -2.54. The van der Waals surface area contributed by atoms with Crippen molar-refractivity contribution in [3.63, 3.8) is 0 Å². The van der Waals surface area contributed by atoms with Gasteiger partial charge in [0.05, 0.1) is 6.10 Å². The second-order valence-electron chi connectivity index (χ2n) is 12.0. The van der Waals surface area contributed by atoms with Gasteiger partial charge in [-0.3, -0.25) is 4.79 Å². The van der Waals surface area contributed by atoms with E-state index in [4.69, 9.17) is 0 Å². The zero-order valence-electron chi connectivity index (χ0n) is 19.4. The third kappa shape index (κ3) is 3.56. The Morgan fingerprint density at radius 2 is 1.72 bits per heavy atom. The molecule has 0 radical (unpaired) electrons. The molecule has 4 fully saturated rings. The van der Waals surface area contributed by atoms with Crippen LogP contribution < -0.4 is 0 Å². The van der Waals surface area contributed by atoms with E-state index in [0.717, 1.165) is 54.4 Å². The maximum Gasteiger partial charge on any atom is 0.157 e. The Morgan fingerprint density at radius 3 is 2.45 bits per heavy atom. The summed E-state index contributed by atoms with van der Waals surface area (Å²) in [5.74, 6) is 5.10. The lowest BCUT2D eigenvalue weighted by atomic mass is 9.44. The molecule has 0 bridgehead atoms. The molecular weight excluding hydrogens is 356 g/mol. The number of Topliss-reactive ketones (excluding diaryl/α,β-unsaturated/α-hetero) is 1. The maximum absolute atomic E-state index is 12.1. The summed E-state index contributed by atoms with van der Waals surface area (Å²) in [7, 11) is 0. The Labute approximate surface area is 178 Å². The van der Waals surface area contributed by atoms with Gasteiger partial charge in [-0.15, -0.1) is 0 Å². The number of aliphatic hydroxyl groups is 1. The molecule has 4 aliphatic carbocycles. The minimum Gasteiger partial charge on any atom is -0.393 e. The molecule has 1 N–H and O–H groups in total. The number of carbonyl (C=O) groups excluding carboxylic acids is 1. The van der Waals surface area contributed by atoms with Crippen molar-refractivity contribution in [1.82, 2.24) is 0 Å². The van der Waals surface area contributed by atoms with Crippen LogP contribution in [0.25, 0.3) is 0 Å². The van der Waals surface area contributed by atoms with Crippen LogP contribution in [0.2, 0.25) is 0 Å². The highest BCUT2D eigenvalue weighted by molar-refractivity contribution is 5.94. The Hall–Kier alpha value is -0.630. The van der Waals surface area contributed by atoms with Crippen LogP contribution in [0.5, 0.6) is 0 Å². The second-order valence-corrected chi connectivity index (χ2v) is 12.0. The molecule has 4 saturated carbocycles. The van der Waals surface area contributed by atoms with Crippen LogP contribution in [-0.2, 0) is 4.79 Å². The number of carbonyl (C=O) groups is 1. The zero-order chi connectivity index (χ0) is 21.0. The highest BCUT2D eigenvalue weighted by Gasteiger charge is 2.60. The largest absolute Gasteiger partial charge is 0.393 e. The van der Waals surface area contributed by atoms with Crippen LogP contribution in [0.1, 0.15) is 98.3 Å². The van der Waals surface area contributed by atoms with Crippen molar-refractivity contribution in [2.45, 2.75) is 104 Å². The van der Waals surface area contributed by atoms with Gasteiger partial charge in [0.15, 0.2) is 5.78 Å². The fourth-order valence-corrected chi connectivity index (χ4v) is 8.98. The third-order valence-electron chi connectivity index (χ3n) is 10.7. The molecule has 29 heavy (non-hydrogen) atoms. The smallest absolute Gasteiger partial charge is 0.157 e. The molecule has 0 aromatic rings. The fraction of sp³-hybridized carbons (Fsp3) is 0.889. The quantitative estimate of drug-likeness (QED) is 0.530. The molecule has 0 aromatic heterocycles. The van der Waals surface area contributed by atoms with Crippen molar-refractivity contribution < 1.29 is 9.90 Å². The van der Waals surface area contributed by atoms with Gasteiger partial charge in [-0.25, -0.2) is 0 Å². The maximum atomic E-state index is 12.1. The van der Waals surface area contributed by atoms with Gasteiger partial charge < -0.3 is 5.11 Å². The molecule has 0 heterocycles. The van der Waals surface area contributed by atoms with Gasteiger partial charge in [-0.05, 0) is 123 Å². The zero-order valence-corrected chi connectivity index (χ0v) is 19.4. The summed E-state index contributed by atoms with van der Waals surface area (Å²) in [5.41, 5.74) is 1.67. The standard InChI is InChI=1S/C27H44O2/c1-17(2)25(29)11-6-18(3)22-9-10-23-21-8-7-19-16-20(28)12-14-26(19,4)24(21)13-15-27(22,23)5/h18-24,28H,1,6-16H2,2-5H3/t18-,19?,20+,21+,22-,23+,24+,26+,27-/m1/s1. The molecule has 9 atom stereocenters. The molecule has 0 aliphatic heterocycles. The molecule has 4 aliphatic rings. The van der Waals surface area contributed by atoms with Crippen molar-refractivity contribution in [1.29, 1.82) is 0 Å². The first-order valence-electron chi connectivity index (χ1n) is 12.5. The molecule has 1 unspecified atom stereocenters. The fourth-order valence-electron chi connectivity index (χ4n) is 8.98. The number of allylic oxidation sites excluding steroid dienone is 1. The van der Waals surface area contributed by atoms with E-state index in [1.807, 2.05) is 6.92 Å². The first-order valence-corrected chi connectivity index (χ1v) is 12.5. The van der Waals surface area contributed by atoms with Crippen molar-refractivity contribution in [2.24, 2.45) is 46.3 Å². The number of fused-ring (bicyclic) bond motifs is 5. The summed E-state index contributed by atoms with van der Waals surface area (Å²) < 4.78 is 0. The normalized spacial score (nSPS) is 47.6. The van der Waals surface area contributed by atoms with Gasteiger partial charge in [0.2, 0.25) is 0 Å². The molecule has 0 spiro atoms. The molecule has 0 amide bonds. The van der Waals surface area contributed by atoms with E-state index in [1.54, 1.807) is 0 Å². The van der Waals surface area contributed by atoms with Gasteiger partial charge >= 0.3 is 0 Å². The summed E-state index contributed by atoms with van der Waals surface area (Å²) in [6, 6.07) is 0. The molecule has 0 aromatic carbocycles. The number of rotatable bonds is 5. The Bertz CT molecular complexity index is 653. The molecular formula is C27H44O2. The Balaban J connectivity index is 1.47. The predicted octanol–water partition coefficient (Wildman–Crippen LogP) is 6.57. The second kappa shape index (κ2) is 7.81. The SMILES string of the molecule is C=C(C)C(=O)CC[C@@H](C)[C@H]1CC[C@H]2[C@@H]3CCC4C[C@@H](O)CC[C@]4(C)[C@H]3CC[C@]12C. The van der Waals surface area contributed by atoms with Crippen LogP contribution in [-0.4, -0.2) is 17.0 Å². The minimum atomic E-state index is -0.0443. The van der Waals surface area contributed by atoms with Crippen LogP contribution in [0.3, 0.4) is 0 Å². The topological polar surface area (TPSA) is 37.3 Å². The van der Waals surface area contributed by atoms with E-state index >= 15 is 0 Å². The van der Waals surface area contributed by atoms with Crippen molar-refractivity contribution in [2.75, 3.05) is 0 Å². The number of ketones is 1. The van der Waals surface area contributed by atoms with Crippen LogP contribution in [0.4, 0.5) is 0 Å². The van der Waals surface area contributed by atoms with Crippen molar-refractivity contribution >= 4 is 5.78 Å². The average molecular weight is 401 g/mol. The summed E-state index contributed by atoms with van der Waals surface area (Å²) in [5, 5.41) is 10.2. The number of aliphatic hydroxyl groups excluding tert-OH is 1. The van der Waals surface area contributed by atoms with Crippen molar-refractivity contribution in [3.8, 4) is 0 Å². The van der Waals surface area contributed by atoms with Gasteiger partial charge in [-0.2, -0.15) is 0 Å². The monoisotopic (exact) mass is 400 g/mol. The average Bonchev–Trinajstić information content (AvgIpc) is 3.03. The predicted molar refractivity (Wildman–Crippen MR) is 119 cm³/mol. The lowest BCUT2D eigenvalue weighted by molar-refractivity contribution is -0.129. The van der Waals surface area contributed by atoms with E-state index in [9.17, 15) is 9.90 Å². The van der Waals surface area contributed by atoms with Crippen LogP contribution >= 0.6 is 0 Å². The van der Waals surface area contributed by atoms with E-state index in [1.165, 1.54) is 44.9 Å². The van der Waals surface area contributed by atoms with Crippen LogP contribution in [0, 0.1) is 46.3 Å². The lowest BCUT2D eigenvalue weighted by Gasteiger charge is -2.61. The number of hydrogen-bond acceptors (Lipinski definition) is 2. The third-order valence-corrected chi connectivity index (χ3v) is 10.7. The molecule has 0 saturated heterocycles. The summed E-state index contributed by atoms with van der Waals surface area (Å²) in [4.78, 5) is 12.1.